The third kappa shape index (κ3) is 3.71. The molecule has 140 valence electrons. The van der Waals surface area contributed by atoms with E-state index in [0.29, 0.717) is 31.1 Å². The van der Waals surface area contributed by atoms with Crippen LogP contribution in [0.5, 0.6) is 5.75 Å². The fourth-order valence-corrected chi connectivity index (χ4v) is 4.68. The van der Waals surface area contributed by atoms with Crippen molar-refractivity contribution in [3.8, 4) is 5.75 Å². The van der Waals surface area contributed by atoms with Crippen molar-refractivity contribution in [1.29, 1.82) is 0 Å². The van der Waals surface area contributed by atoms with Crippen LogP contribution in [0.2, 0.25) is 0 Å². The molecule has 5 nitrogen and oxygen atoms in total. The third-order valence-electron chi connectivity index (χ3n) is 4.88. The van der Waals surface area contributed by atoms with Crippen LogP contribution in [0, 0.1) is 6.92 Å². The largest absolute Gasteiger partial charge is 0.495 e. The van der Waals surface area contributed by atoms with E-state index in [2.05, 4.69) is 17.9 Å². The van der Waals surface area contributed by atoms with Crippen molar-refractivity contribution in [3.05, 3.63) is 53.6 Å². The maximum absolute atomic E-state index is 12.9. The Morgan fingerprint density at radius 3 is 2.23 bits per heavy atom. The summed E-state index contributed by atoms with van der Waals surface area (Å²) in [5.74, 6) is 0.821. The molecule has 0 aromatic heterocycles. The topological polar surface area (TPSA) is 49.9 Å². The van der Waals surface area contributed by atoms with Crippen molar-refractivity contribution in [3.63, 3.8) is 0 Å². The molecule has 2 aromatic carbocycles. The SMILES string of the molecule is CCc1ccc(S(=O)(=O)N2CCN(c3cc(C)ccc3OC)CC2)cc1. The lowest BCUT2D eigenvalue weighted by atomic mass is 10.1. The van der Waals surface area contributed by atoms with Crippen LogP contribution < -0.4 is 9.64 Å². The van der Waals surface area contributed by atoms with Crippen molar-refractivity contribution in [1.82, 2.24) is 4.31 Å². The Morgan fingerprint density at radius 2 is 1.65 bits per heavy atom. The van der Waals surface area contributed by atoms with Gasteiger partial charge in [-0.2, -0.15) is 4.31 Å². The summed E-state index contributed by atoms with van der Waals surface area (Å²) in [6.45, 7) is 6.33. The number of hydrogen-bond acceptors (Lipinski definition) is 4. The lowest BCUT2D eigenvalue weighted by molar-refractivity contribution is 0.378. The second kappa shape index (κ2) is 7.68. The molecule has 1 aliphatic heterocycles. The zero-order valence-electron chi connectivity index (χ0n) is 15.6. The number of methoxy groups -OCH3 is 1. The maximum atomic E-state index is 12.9. The van der Waals surface area contributed by atoms with Gasteiger partial charge in [0.15, 0.2) is 0 Å². The molecule has 3 rings (SSSR count). The van der Waals surface area contributed by atoms with Crippen molar-refractivity contribution < 1.29 is 13.2 Å². The number of benzene rings is 2. The van der Waals surface area contributed by atoms with Gasteiger partial charge in [0.2, 0.25) is 10.0 Å². The number of sulfonamides is 1. The van der Waals surface area contributed by atoms with E-state index < -0.39 is 10.0 Å². The molecule has 2 aromatic rings. The van der Waals surface area contributed by atoms with Gasteiger partial charge < -0.3 is 9.64 Å². The van der Waals surface area contributed by atoms with Gasteiger partial charge in [0.05, 0.1) is 17.7 Å². The second-order valence-electron chi connectivity index (χ2n) is 6.56. The molecule has 1 saturated heterocycles. The molecule has 0 radical (unpaired) electrons. The zero-order chi connectivity index (χ0) is 18.7. The van der Waals surface area contributed by atoms with Crippen molar-refractivity contribution in [2.45, 2.75) is 25.2 Å². The lowest BCUT2D eigenvalue weighted by Gasteiger charge is -2.36. The Morgan fingerprint density at radius 1 is 1.00 bits per heavy atom. The molecule has 0 atom stereocenters. The van der Waals surface area contributed by atoms with E-state index in [-0.39, 0.29) is 0 Å². The van der Waals surface area contributed by atoms with E-state index in [4.69, 9.17) is 4.74 Å². The van der Waals surface area contributed by atoms with Gasteiger partial charge in [-0.3, -0.25) is 0 Å². The molecule has 0 saturated carbocycles. The van der Waals surface area contributed by atoms with Gasteiger partial charge in [-0.25, -0.2) is 8.42 Å². The third-order valence-corrected chi connectivity index (χ3v) is 6.80. The van der Waals surface area contributed by atoms with E-state index >= 15 is 0 Å². The Balaban J connectivity index is 1.74. The van der Waals surface area contributed by atoms with Crippen LogP contribution in [0.25, 0.3) is 0 Å². The molecule has 26 heavy (non-hydrogen) atoms. The number of ether oxygens (including phenoxy) is 1. The molecule has 0 unspecified atom stereocenters. The first kappa shape index (κ1) is 18.7. The van der Waals surface area contributed by atoms with Crippen LogP contribution in [0.4, 0.5) is 5.69 Å². The molecule has 0 aliphatic carbocycles. The first-order valence-electron chi connectivity index (χ1n) is 8.94. The van der Waals surface area contributed by atoms with E-state index in [1.54, 1.807) is 23.5 Å². The summed E-state index contributed by atoms with van der Waals surface area (Å²) in [5, 5.41) is 0. The molecule has 6 heteroatoms. The Kier molecular flexibility index (Phi) is 5.53. The first-order chi connectivity index (χ1) is 12.5. The number of anilines is 1. The fraction of sp³-hybridized carbons (Fsp3) is 0.400. The maximum Gasteiger partial charge on any atom is 0.243 e. The van der Waals surface area contributed by atoms with E-state index in [1.807, 2.05) is 31.2 Å². The monoisotopic (exact) mass is 374 g/mol. The van der Waals surface area contributed by atoms with Crippen LogP contribution in [0.3, 0.4) is 0 Å². The molecule has 0 N–H and O–H groups in total. The quantitative estimate of drug-likeness (QED) is 0.807. The Labute approximate surface area is 156 Å². The first-order valence-corrected chi connectivity index (χ1v) is 10.4. The average molecular weight is 375 g/mol. The van der Waals surface area contributed by atoms with Gasteiger partial charge in [-0.15, -0.1) is 0 Å². The minimum Gasteiger partial charge on any atom is -0.495 e. The van der Waals surface area contributed by atoms with Gasteiger partial charge in [-0.05, 0) is 48.7 Å². The molecule has 0 amide bonds. The van der Waals surface area contributed by atoms with Crippen LogP contribution in [-0.4, -0.2) is 46.0 Å². The molecule has 1 aliphatic rings. The van der Waals surface area contributed by atoms with Crippen LogP contribution >= 0.6 is 0 Å². The minimum atomic E-state index is -3.44. The summed E-state index contributed by atoms with van der Waals surface area (Å²) < 4.78 is 32.8. The Hall–Kier alpha value is -2.05. The Bertz CT molecular complexity index is 855. The minimum absolute atomic E-state index is 0.372. The number of nitrogens with zero attached hydrogens (tertiary/aromatic N) is 2. The van der Waals surface area contributed by atoms with Gasteiger partial charge in [0, 0.05) is 26.2 Å². The fourth-order valence-electron chi connectivity index (χ4n) is 3.26. The molecule has 0 spiro atoms. The average Bonchev–Trinajstić information content (AvgIpc) is 2.68. The highest BCUT2D eigenvalue weighted by molar-refractivity contribution is 7.89. The molecular formula is C20H26N2O3S. The molecular weight excluding hydrogens is 348 g/mol. The standard InChI is InChI=1S/C20H26N2O3S/c1-4-17-6-8-18(9-7-17)26(23,24)22-13-11-21(12-14-22)19-15-16(2)5-10-20(19)25-3/h5-10,15H,4,11-14H2,1-3H3. The van der Waals surface area contributed by atoms with Crippen LogP contribution in [0.15, 0.2) is 47.4 Å². The van der Waals surface area contributed by atoms with Crippen molar-refractivity contribution in [2.75, 3.05) is 38.2 Å². The molecule has 1 fully saturated rings. The number of rotatable bonds is 5. The summed E-state index contributed by atoms with van der Waals surface area (Å²) >= 11 is 0. The van der Waals surface area contributed by atoms with Crippen LogP contribution in [-0.2, 0) is 16.4 Å². The highest BCUT2D eigenvalue weighted by atomic mass is 32.2. The van der Waals surface area contributed by atoms with Gasteiger partial charge >= 0.3 is 0 Å². The summed E-state index contributed by atoms with van der Waals surface area (Å²) in [7, 11) is -1.78. The number of piperazine rings is 1. The van der Waals surface area contributed by atoms with Crippen LogP contribution in [0.1, 0.15) is 18.1 Å². The second-order valence-corrected chi connectivity index (χ2v) is 8.50. The lowest BCUT2D eigenvalue weighted by Crippen LogP contribution is -2.48. The zero-order valence-corrected chi connectivity index (χ0v) is 16.4. The summed E-state index contributed by atoms with van der Waals surface area (Å²) in [5.41, 5.74) is 3.32. The van der Waals surface area contributed by atoms with E-state index in [9.17, 15) is 8.42 Å². The van der Waals surface area contributed by atoms with Gasteiger partial charge in [-0.1, -0.05) is 25.1 Å². The summed E-state index contributed by atoms with van der Waals surface area (Å²) in [6, 6.07) is 13.3. The molecule has 1 heterocycles. The van der Waals surface area contributed by atoms with E-state index in [0.717, 1.165) is 29.0 Å². The van der Waals surface area contributed by atoms with Gasteiger partial charge in [0.25, 0.3) is 0 Å². The highest BCUT2D eigenvalue weighted by Gasteiger charge is 2.29. The highest BCUT2D eigenvalue weighted by Crippen LogP contribution is 2.30. The predicted molar refractivity (Wildman–Crippen MR) is 105 cm³/mol. The van der Waals surface area contributed by atoms with Gasteiger partial charge in [0.1, 0.15) is 5.75 Å². The number of hydrogen-bond donors (Lipinski definition) is 0. The number of aryl methyl sites for hydroxylation is 2. The van der Waals surface area contributed by atoms with Crippen molar-refractivity contribution in [2.24, 2.45) is 0 Å². The summed E-state index contributed by atoms with van der Waals surface area (Å²) in [4.78, 5) is 2.56. The van der Waals surface area contributed by atoms with E-state index in [1.165, 1.54) is 0 Å². The summed E-state index contributed by atoms with van der Waals surface area (Å²) in [6.07, 6.45) is 0.900. The smallest absolute Gasteiger partial charge is 0.243 e. The molecule has 0 bridgehead atoms. The van der Waals surface area contributed by atoms with Crippen molar-refractivity contribution >= 4 is 15.7 Å². The predicted octanol–water partition coefficient (Wildman–Crippen LogP) is 3.08. The normalized spacial score (nSPS) is 15.9.